The van der Waals surface area contributed by atoms with Gasteiger partial charge in [-0.2, -0.15) is 4.98 Å². The van der Waals surface area contributed by atoms with Gasteiger partial charge in [0.05, 0.1) is 18.6 Å². The van der Waals surface area contributed by atoms with Crippen molar-refractivity contribution >= 4 is 0 Å². The lowest BCUT2D eigenvalue weighted by molar-refractivity contribution is 0.169. The van der Waals surface area contributed by atoms with Crippen molar-refractivity contribution in [3.63, 3.8) is 0 Å². The lowest BCUT2D eigenvalue weighted by Crippen LogP contribution is -2.42. The summed E-state index contributed by atoms with van der Waals surface area (Å²) < 4.78 is 24.2. The Morgan fingerprint density at radius 2 is 2.25 bits per heavy atom. The zero-order chi connectivity index (χ0) is 14.2. The van der Waals surface area contributed by atoms with Crippen molar-refractivity contribution in [2.24, 2.45) is 5.73 Å². The van der Waals surface area contributed by atoms with E-state index in [1.165, 1.54) is 6.07 Å². The highest BCUT2D eigenvalue weighted by molar-refractivity contribution is 5.21. The van der Waals surface area contributed by atoms with E-state index in [0.29, 0.717) is 36.9 Å². The second kappa shape index (κ2) is 4.96. The van der Waals surface area contributed by atoms with Crippen LogP contribution >= 0.6 is 0 Å². The van der Waals surface area contributed by atoms with Gasteiger partial charge in [0.25, 0.3) is 0 Å². The lowest BCUT2D eigenvalue weighted by atomic mass is 9.86. The number of nitrogens with zero attached hydrogens (tertiary/aromatic N) is 2. The maximum atomic E-state index is 13.6. The average molecular weight is 277 g/mol. The van der Waals surface area contributed by atoms with Gasteiger partial charge in [-0.25, -0.2) is 4.39 Å². The van der Waals surface area contributed by atoms with E-state index < -0.39 is 5.41 Å². The predicted molar refractivity (Wildman–Crippen MR) is 69.7 cm³/mol. The third-order valence-electron chi connectivity index (χ3n) is 3.78. The van der Waals surface area contributed by atoms with Gasteiger partial charge in [-0.15, -0.1) is 0 Å². The highest BCUT2D eigenvalue weighted by Gasteiger charge is 2.44. The topological polar surface area (TPSA) is 74.2 Å². The summed E-state index contributed by atoms with van der Waals surface area (Å²) in [5.74, 6) is 0.630. The van der Waals surface area contributed by atoms with Gasteiger partial charge >= 0.3 is 0 Å². The molecule has 1 saturated heterocycles. The fourth-order valence-corrected chi connectivity index (χ4v) is 2.28. The Kier molecular flexibility index (Phi) is 3.27. The van der Waals surface area contributed by atoms with Crippen LogP contribution in [0.2, 0.25) is 0 Å². The summed E-state index contributed by atoms with van der Waals surface area (Å²) in [7, 11) is 0. The highest BCUT2D eigenvalue weighted by atomic mass is 19.1. The van der Waals surface area contributed by atoms with Crippen LogP contribution in [0.4, 0.5) is 4.39 Å². The Morgan fingerprint density at radius 1 is 1.45 bits per heavy atom. The monoisotopic (exact) mass is 277 g/mol. The molecule has 1 aliphatic rings. The Morgan fingerprint density at radius 3 is 2.95 bits per heavy atom. The Hall–Kier alpha value is -1.79. The van der Waals surface area contributed by atoms with Crippen molar-refractivity contribution in [3.8, 4) is 0 Å². The molecule has 0 saturated carbocycles. The zero-order valence-corrected chi connectivity index (χ0v) is 11.2. The molecule has 2 unspecified atom stereocenters. The van der Waals surface area contributed by atoms with E-state index in [4.69, 9.17) is 15.0 Å². The Balaban J connectivity index is 1.83. The van der Waals surface area contributed by atoms with Crippen molar-refractivity contribution in [1.82, 2.24) is 10.1 Å². The lowest BCUT2D eigenvalue weighted by Gasteiger charge is -2.21. The number of nitrogens with two attached hydrogens (primary N) is 1. The number of hydrogen-bond donors (Lipinski definition) is 1. The molecule has 20 heavy (non-hydrogen) atoms. The van der Waals surface area contributed by atoms with Gasteiger partial charge in [-0.3, -0.25) is 0 Å². The zero-order valence-electron chi connectivity index (χ0n) is 11.2. The van der Waals surface area contributed by atoms with E-state index in [1.807, 2.05) is 6.92 Å². The second-order valence-corrected chi connectivity index (χ2v) is 5.32. The fourth-order valence-electron chi connectivity index (χ4n) is 2.28. The maximum absolute atomic E-state index is 13.6. The van der Waals surface area contributed by atoms with Gasteiger partial charge in [0.2, 0.25) is 5.89 Å². The highest BCUT2D eigenvalue weighted by Crippen LogP contribution is 2.30. The van der Waals surface area contributed by atoms with E-state index in [0.717, 1.165) is 0 Å². The van der Waals surface area contributed by atoms with Crippen LogP contribution in [0.15, 0.2) is 28.8 Å². The van der Waals surface area contributed by atoms with Gasteiger partial charge in [0, 0.05) is 12.5 Å². The number of ether oxygens (including phenoxy) is 1. The quantitative estimate of drug-likeness (QED) is 0.918. The Bertz CT molecular complexity index is 616. The van der Waals surface area contributed by atoms with Crippen LogP contribution in [-0.4, -0.2) is 29.4 Å². The molecule has 6 heteroatoms. The summed E-state index contributed by atoms with van der Waals surface area (Å²) in [5, 5.41) is 3.91. The molecular formula is C14H16FN3O2. The van der Waals surface area contributed by atoms with Gasteiger partial charge in [-0.05, 0) is 18.6 Å². The van der Waals surface area contributed by atoms with Crippen LogP contribution in [0.1, 0.15) is 24.2 Å². The normalized spacial score (nSPS) is 26.1. The summed E-state index contributed by atoms with van der Waals surface area (Å²) in [6.45, 7) is 2.86. The minimum Gasteiger partial charge on any atom is -0.379 e. The molecule has 2 heterocycles. The first-order valence-corrected chi connectivity index (χ1v) is 6.49. The first-order valence-electron chi connectivity index (χ1n) is 6.49. The SMILES string of the molecule is CC1(c2nc(Cc3ccccc3F)no2)COCC1N. The molecule has 5 nitrogen and oxygen atoms in total. The molecule has 0 amide bonds. The first-order chi connectivity index (χ1) is 9.59. The van der Waals surface area contributed by atoms with Crippen LogP contribution in [0.5, 0.6) is 0 Å². The number of rotatable bonds is 3. The Labute approximate surface area is 115 Å². The molecule has 0 aliphatic carbocycles. The third-order valence-corrected chi connectivity index (χ3v) is 3.78. The summed E-state index contributed by atoms with van der Waals surface area (Å²) in [5.41, 5.74) is 6.09. The summed E-state index contributed by atoms with van der Waals surface area (Å²) in [6, 6.07) is 6.37. The van der Waals surface area contributed by atoms with Crippen molar-refractivity contribution in [2.45, 2.75) is 24.8 Å². The molecule has 3 rings (SSSR count). The second-order valence-electron chi connectivity index (χ2n) is 5.32. The summed E-state index contributed by atoms with van der Waals surface area (Å²) in [6.07, 6.45) is 0.294. The van der Waals surface area contributed by atoms with Crippen molar-refractivity contribution in [2.75, 3.05) is 13.2 Å². The number of aromatic nitrogens is 2. The van der Waals surface area contributed by atoms with Gasteiger partial charge in [-0.1, -0.05) is 23.4 Å². The molecule has 2 atom stereocenters. The molecular weight excluding hydrogens is 261 g/mol. The van der Waals surface area contributed by atoms with Crippen LogP contribution < -0.4 is 5.73 Å². The molecule has 1 aromatic carbocycles. The molecule has 0 radical (unpaired) electrons. The largest absolute Gasteiger partial charge is 0.379 e. The minimum atomic E-state index is -0.472. The van der Waals surface area contributed by atoms with Crippen LogP contribution in [0, 0.1) is 5.82 Å². The summed E-state index contributed by atoms with van der Waals surface area (Å²) >= 11 is 0. The molecule has 0 spiro atoms. The molecule has 2 N–H and O–H groups in total. The van der Waals surface area contributed by atoms with Gasteiger partial charge in [0.15, 0.2) is 5.82 Å². The minimum absolute atomic E-state index is 0.177. The number of hydrogen-bond acceptors (Lipinski definition) is 5. The molecule has 0 bridgehead atoms. The average Bonchev–Trinajstić information content (AvgIpc) is 3.02. The predicted octanol–water partition coefficient (Wildman–Crippen LogP) is 1.41. The summed E-state index contributed by atoms with van der Waals surface area (Å²) in [4.78, 5) is 4.35. The van der Waals surface area contributed by atoms with E-state index in [1.54, 1.807) is 18.2 Å². The first kappa shape index (κ1) is 13.2. The number of halogens is 1. The van der Waals surface area contributed by atoms with Crippen molar-refractivity contribution in [1.29, 1.82) is 0 Å². The molecule has 1 aliphatic heterocycles. The van der Waals surface area contributed by atoms with E-state index in [2.05, 4.69) is 10.1 Å². The van der Waals surface area contributed by atoms with Crippen molar-refractivity contribution in [3.05, 3.63) is 47.4 Å². The van der Waals surface area contributed by atoms with Crippen LogP contribution in [-0.2, 0) is 16.6 Å². The molecule has 1 aromatic heterocycles. The fraction of sp³-hybridized carbons (Fsp3) is 0.429. The standard InChI is InChI=1S/C14H16FN3O2/c1-14(8-19-7-11(14)16)13-17-12(18-20-13)6-9-4-2-3-5-10(9)15/h2-5,11H,6-8,16H2,1H3. The van der Waals surface area contributed by atoms with Gasteiger partial charge < -0.3 is 15.0 Å². The van der Waals surface area contributed by atoms with Crippen LogP contribution in [0.3, 0.4) is 0 Å². The third kappa shape index (κ3) is 2.21. The maximum Gasteiger partial charge on any atom is 0.236 e. The van der Waals surface area contributed by atoms with Crippen molar-refractivity contribution < 1.29 is 13.7 Å². The smallest absolute Gasteiger partial charge is 0.236 e. The van der Waals surface area contributed by atoms with E-state index >= 15 is 0 Å². The molecule has 1 fully saturated rings. The van der Waals surface area contributed by atoms with Crippen LogP contribution in [0.25, 0.3) is 0 Å². The molecule has 106 valence electrons. The molecule has 2 aromatic rings. The number of benzene rings is 1. The van der Waals surface area contributed by atoms with E-state index in [9.17, 15) is 4.39 Å². The van der Waals surface area contributed by atoms with E-state index in [-0.39, 0.29) is 11.9 Å². The van der Waals surface area contributed by atoms with Gasteiger partial charge in [0.1, 0.15) is 5.82 Å².